The van der Waals surface area contributed by atoms with Gasteiger partial charge in [-0.1, -0.05) is 72.3 Å². The number of likely N-dealkylation sites (tertiary alicyclic amines) is 1. The molecule has 0 radical (unpaired) electrons. The summed E-state index contributed by atoms with van der Waals surface area (Å²) in [6.07, 6.45) is 4.05. The summed E-state index contributed by atoms with van der Waals surface area (Å²) < 4.78 is 11.1. The molecule has 2 fully saturated rings. The fourth-order valence-corrected chi connectivity index (χ4v) is 8.49. The number of fused-ring (bicyclic) bond motifs is 4. The van der Waals surface area contributed by atoms with Crippen LogP contribution in [0, 0.1) is 23.7 Å². The lowest BCUT2D eigenvalue weighted by atomic mass is 9.44. The van der Waals surface area contributed by atoms with Crippen molar-refractivity contribution in [3.8, 4) is 17.2 Å². The zero-order chi connectivity index (χ0) is 31.6. The Morgan fingerprint density at radius 3 is 2.09 bits per heavy atom. The van der Waals surface area contributed by atoms with Crippen molar-refractivity contribution >= 4 is 29.0 Å². The number of ether oxygens (including phenoxy) is 2. The molecule has 6 atom stereocenters. The molecular formula is C37H33NO7. The Hall–Kier alpha value is -4.98. The standard InChI is InChI=1S/C37H33NO7/c1-38-35(42)24-15-14-23-26(31(24)36(38)43)18-27-33(40)25(20-10-6-4-7-11-20)19-30(39)37(27,22-12-8-5-9-13-22)32(23)21-16-28(44-2)34(41)29(17-21)45-3/h4-14,16-17,19,24,26-27,31-32,41H,15,18H2,1-3H3. The van der Waals surface area contributed by atoms with Crippen molar-refractivity contribution in [1.29, 1.82) is 0 Å². The smallest absolute Gasteiger partial charge is 0.233 e. The summed E-state index contributed by atoms with van der Waals surface area (Å²) in [5.74, 6) is -3.97. The zero-order valence-electron chi connectivity index (χ0n) is 25.2. The Morgan fingerprint density at radius 1 is 0.844 bits per heavy atom. The molecule has 1 N–H and O–H groups in total. The molecule has 228 valence electrons. The molecule has 3 aromatic rings. The largest absolute Gasteiger partial charge is 0.502 e. The highest BCUT2D eigenvalue weighted by molar-refractivity contribution is 6.31. The second-order valence-electron chi connectivity index (χ2n) is 12.3. The van der Waals surface area contributed by atoms with E-state index in [0.29, 0.717) is 28.7 Å². The van der Waals surface area contributed by atoms with Crippen LogP contribution in [0.1, 0.15) is 35.4 Å². The second kappa shape index (κ2) is 10.6. The molecule has 0 spiro atoms. The van der Waals surface area contributed by atoms with Crippen LogP contribution in [0.3, 0.4) is 0 Å². The van der Waals surface area contributed by atoms with Crippen molar-refractivity contribution in [2.45, 2.75) is 24.2 Å². The van der Waals surface area contributed by atoms with Gasteiger partial charge in [-0.05, 0) is 53.7 Å². The van der Waals surface area contributed by atoms with E-state index in [2.05, 4.69) is 0 Å². The van der Waals surface area contributed by atoms with E-state index in [1.165, 1.54) is 32.2 Å². The van der Waals surface area contributed by atoms with E-state index in [1.54, 1.807) is 12.1 Å². The average Bonchev–Trinajstić information content (AvgIpc) is 3.29. The van der Waals surface area contributed by atoms with Crippen molar-refractivity contribution < 1.29 is 33.8 Å². The number of carbonyl (C=O) groups excluding carboxylic acids is 4. The lowest BCUT2D eigenvalue weighted by molar-refractivity contribution is -0.139. The summed E-state index contributed by atoms with van der Waals surface area (Å²) in [7, 11) is 4.38. The maximum absolute atomic E-state index is 15.0. The zero-order valence-corrected chi connectivity index (χ0v) is 25.2. The maximum atomic E-state index is 15.0. The van der Waals surface area contributed by atoms with Gasteiger partial charge in [-0.2, -0.15) is 0 Å². The predicted octanol–water partition coefficient (Wildman–Crippen LogP) is 4.86. The fourth-order valence-electron chi connectivity index (χ4n) is 8.49. The summed E-state index contributed by atoms with van der Waals surface area (Å²) in [6, 6.07) is 21.9. The van der Waals surface area contributed by atoms with Crippen molar-refractivity contribution in [1.82, 2.24) is 4.90 Å². The highest BCUT2D eigenvalue weighted by atomic mass is 16.5. The van der Waals surface area contributed by atoms with Crippen LogP contribution in [-0.4, -0.2) is 54.7 Å². The van der Waals surface area contributed by atoms with Crippen molar-refractivity contribution in [3.05, 3.63) is 107 Å². The Bertz CT molecular complexity index is 1790. The number of phenols is 1. The molecule has 1 saturated heterocycles. The number of amides is 2. The van der Waals surface area contributed by atoms with Gasteiger partial charge in [0.2, 0.25) is 17.6 Å². The van der Waals surface area contributed by atoms with E-state index in [-0.39, 0.29) is 47.1 Å². The minimum Gasteiger partial charge on any atom is -0.502 e. The van der Waals surface area contributed by atoms with Crippen LogP contribution in [-0.2, 0) is 24.6 Å². The van der Waals surface area contributed by atoms with Gasteiger partial charge >= 0.3 is 0 Å². The highest BCUT2D eigenvalue weighted by Crippen LogP contribution is 2.64. The number of phenolic OH excluding ortho intramolecular Hbond substituents is 1. The van der Waals surface area contributed by atoms with Crippen LogP contribution in [0.5, 0.6) is 17.2 Å². The van der Waals surface area contributed by atoms with Gasteiger partial charge < -0.3 is 14.6 Å². The molecule has 4 aliphatic rings. The molecule has 3 aliphatic carbocycles. The van der Waals surface area contributed by atoms with Crippen LogP contribution < -0.4 is 9.47 Å². The van der Waals surface area contributed by atoms with Gasteiger partial charge in [-0.15, -0.1) is 0 Å². The fraction of sp³-hybridized carbons (Fsp3) is 0.297. The molecule has 3 aromatic carbocycles. The molecule has 6 unspecified atom stereocenters. The molecule has 1 saturated carbocycles. The van der Waals surface area contributed by atoms with Crippen LogP contribution in [0.15, 0.2) is 90.5 Å². The summed E-state index contributed by atoms with van der Waals surface area (Å²) >= 11 is 0. The number of imide groups is 1. The minimum atomic E-state index is -1.38. The molecule has 1 heterocycles. The van der Waals surface area contributed by atoms with Gasteiger partial charge in [-0.25, -0.2) is 0 Å². The topological polar surface area (TPSA) is 110 Å². The number of allylic oxidation sites excluding steroid dienone is 4. The number of carbonyl (C=O) groups is 4. The Morgan fingerprint density at radius 2 is 1.47 bits per heavy atom. The van der Waals surface area contributed by atoms with Crippen molar-refractivity contribution in [3.63, 3.8) is 0 Å². The Labute approximate surface area is 261 Å². The van der Waals surface area contributed by atoms with Gasteiger partial charge in [0.25, 0.3) is 0 Å². The first-order chi connectivity index (χ1) is 21.7. The molecule has 0 aromatic heterocycles. The molecule has 8 nitrogen and oxygen atoms in total. The number of hydrogen-bond acceptors (Lipinski definition) is 7. The minimum absolute atomic E-state index is 0.155. The summed E-state index contributed by atoms with van der Waals surface area (Å²) in [5, 5.41) is 10.8. The third-order valence-corrected chi connectivity index (χ3v) is 10.4. The molecule has 2 amide bonds. The van der Waals surface area contributed by atoms with Gasteiger partial charge in [0, 0.05) is 24.5 Å². The average molecular weight is 604 g/mol. The molecular weight excluding hydrogens is 570 g/mol. The van der Waals surface area contributed by atoms with E-state index < -0.39 is 35.0 Å². The van der Waals surface area contributed by atoms with Gasteiger partial charge in [0.15, 0.2) is 23.1 Å². The van der Waals surface area contributed by atoms with E-state index in [9.17, 15) is 19.5 Å². The first kappa shape index (κ1) is 28.8. The predicted molar refractivity (Wildman–Crippen MR) is 166 cm³/mol. The van der Waals surface area contributed by atoms with E-state index in [1.807, 2.05) is 66.7 Å². The highest BCUT2D eigenvalue weighted by Gasteiger charge is 2.65. The number of benzene rings is 3. The number of hydrogen-bond donors (Lipinski definition) is 1. The van der Waals surface area contributed by atoms with Gasteiger partial charge in [-0.3, -0.25) is 24.1 Å². The third-order valence-electron chi connectivity index (χ3n) is 10.4. The summed E-state index contributed by atoms with van der Waals surface area (Å²) in [4.78, 5) is 57.9. The van der Waals surface area contributed by atoms with Crippen molar-refractivity contribution in [2.75, 3.05) is 21.3 Å². The van der Waals surface area contributed by atoms with Crippen LogP contribution >= 0.6 is 0 Å². The van der Waals surface area contributed by atoms with Crippen LogP contribution in [0.2, 0.25) is 0 Å². The molecule has 45 heavy (non-hydrogen) atoms. The first-order valence-corrected chi connectivity index (χ1v) is 15.1. The number of rotatable bonds is 5. The lowest BCUT2D eigenvalue weighted by Gasteiger charge is -2.55. The summed E-state index contributed by atoms with van der Waals surface area (Å²) in [5.41, 5.74) is 1.73. The quantitative estimate of drug-likeness (QED) is 0.328. The van der Waals surface area contributed by atoms with E-state index in [4.69, 9.17) is 9.47 Å². The van der Waals surface area contributed by atoms with E-state index >= 15 is 4.79 Å². The van der Waals surface area contributed by atoms with E-state index in [0.717, 1.165) is 5.57 Å². The molecule has 1 aliphatic heterocycles. The molecule has 8 heteroatoms. The number of Topliss-reactive ketones (excluding diaryl/α,β-unsaturated/α-hetero) is 1. The maximum Gasteiger partial charge on any atom is 0.233 e. The lowest BCUT2D eigenvalue weighted by Crippen LogP contribution is -2.58. The number of ketones is 2. The number of methoxy groups -OCH3 is 2. The summed E-state index contributed by atoms with van der Waals surface area (Å²) in [6.45, 7) is 0. The van der Waals surface area contributed by atoms with Crippen molar-refractivity contribution in [2.24, 2.45) is 23.7 Å². The first-order valence-electron chi connectivity index (χ1n) is 15.1. The third kappa shape index (κ3) is 3.97. The van der Waals surface area contributed by atoms with Gasteiger partial charge in [0.05, 0.1) is 31.5 Å². The van der Waals surface area contributed by atoms with Gasteiger partial charge in [0.1, 0.15) is 0 Å². The normalized spacial score (nSPS) is 29.0. The Kier molecular flexibility index (Phi) is 6.76. The van der Waals surface area contributed by atoms with Crippen LogP contribution in [0.4, 0.5) is 0 Å². The second-order valence-corrected chi connectivity index (χ2v) is 12.3. The number of nitrogens with zero attached hydrogens (tertiary/aromatic N) is 1. The monoisotopic (exact) mass is 603 g/mol. The van der Waals surface area contributed by atoms with Crippen LogP contribution in [0.25, 0.3) is 5.57 Å². The molecule has 0 bridgehead atoms. The molecule has 7 rings (SSSR count). The number of aromatic hydroxyl groups is 1. The Balaban J connectivity index is 1.55. The SMILES string of the molecule is COc1cc(C2C3=CCC4C(=O)N(C)C(=O)C4C3CC3C(=O)C(c4ccccc4)=CC(=O)C32c2ccccc2)cc(OC)c1O.